The molecule has 4 heterocycles. The van der Waals surface area contributed by atoms with E-state index in [0.717, 1.165) is 27.0 Å². The molecule has 0 aliphatic heterocycles. The van der Waals surface area contributed by atoms with Crippen molar-refractivity contribution in [3.8, 4) is 16.4 Å². The molecule has 0 atom stereocenters. The maximum atomic E-state index is 12.9. The van der Waals surface area contributed by atoms with Gasteiger partial charge in [-0.3, -0.25) is 10.1 Å². The third-order valence-electron chi connectivity index (χ3n) is 5.39. The first-order valence-corrected chi connectivity index (χ1v) is 14.8. The van der Waals surface area contributed by atoms with Crippen molar-refractivity contribution in [2.45, 2.75) is 45.1 Å². The van der Waals surface area contributed by atoms with Crippen LogP contribution in [-0.4, -0.2) is 27.8 Å². The molecule has 0 aliphatic rings. The van der Waals surface area contributed by atoms with Crippen LogP contribution < -0.4 is 5.19 Å². The van der Waals surface area contributed by atoms with Crippen molar-refractivity contribution in [3.05, 3.63) is 77.2 Å². The SMILES string of the molecule is CC(C)(c1cccc(-c2[c-]c([Si](C)(C)C)cs2)n1)c1cccc(-n2[c-]cc(C(F)(F)F)n2)n1.[Pt+2]. The first-order chi connectivity index (χ1) is 15.4. The maximum absolute atomic E-state index is 12.9. The van der Waals surface area contributed by atoms with Gasteiger partial charge in [-0.15, -0.1) is 11.4 Å². The minimum atomic E-state index is -4.53. The normalized spacial score (nSPS) is 12.5. The van der Waals surface area contributed by atoms with Gasteiger partial charge in [-0.25, -0.2) is 11.3 Å². The monoisotopic (exact) mass is 679 g/mol. The molecular weight excluding hydrogens is 657 g/mol. The molecule has 0 saturated carbocycles. The van der Waals surface area contributed by atoms with E-state index in [0.29, 0.717) is 5.69 Å². The van der Waals surface area contributed by atoms with E-state index in [1.165, 1.54) is 5.19 Å². The zero-order valence-electron chi connectivity index (χ0n) is 19.3. The van der Waals surface area contributed by atoms with Gasteiger partial charge in [-0.05, 0) is 31.7 Å². The van der Waals surface area contributed by atoms with Crippen molar-refractivity contribution in [1.82, 2.24) is 19.7 Å². The van der Waals surface area contributed by atoms with Crippen LogP contribution in [0.15, 0.2) is 47.8 Å². The van der Waals surface area contributed by atoms with Crippen LogP contribution in [0, 0.1) is 12.3 Å². The van der Waals surface area contributed by atoms with Gasteiger partial charge in [0.15, 0.2) is 0 Å². The second-order valence-corrected chi connectivity index (χ2v) is 15.3. The summed E-state index contributed by atoms with van der Waals surface area (Å²) in [5, 5.41) is 7.03. The molecule has 4 aromatic rings. The minimum absolute atomic E-state index is 0. The van der Waals surface area contributed by atoms with E-state index in [-0.39, 0.29) is 26.9 Å². The van der Waals surface area contributed by atoms with Crippen molar-refractivity contribution < 1.29 is 34.2 Å². The molecule has 0 N–H and O–H groups in total. The van der Waals surface area contributed by atoms with Crippen molar-refractivity contribution in [2.75, 3.05) is 0 Å². The summed E-state index contributed by atoms with van der Waals surface area (Å²) in [6.45, 7) is 10.8. The Bertz CT molecular complexity index is 1190. The molecule has 0 aromatic carbocycles. The summed E-state index contributed by atoms with van der Waals surface area (Å²) in [4.78, 5) is 10.5. The van der Waals surface area contributed by atoms with Crippen LogP contribution >= 0.6 is 11.3 Å². The van der Waals surface area contributed by atoms with Crippen molar-refractivity contribution in [3.63, 3.8) is 0 Å². The Hall–Kier alpha value is -2.09. The second kappa shape index (κ2) is 9.51. The predicted octanol–water partition coefficient (Wildman–Crippen LogP) is 5.88. The number of hydrogen-bond donors (Lipinski definition) is 0. The number of rotatable bonds is 5. The molecule has 180 valence electrons. The Morgan fingerprint density at radius 1 is 0.941 bits per heavy atom. The van der Waals surface area contributed by atoms with Gasteiger partial charge in [-0.2, -0.15) is 24.4 Å². The van der Waals surface area contributed by atoms with Gasteiger partial charge in [0.05, 0.1) is 19.6 Å². The molecule has 4 aromatic heterocycles. The number of aromatic nitrogens is 4. The van der Waals surface area contributed by atoms with Gasteiger partial charge in [0.1, 0.15) is 0 Å². The summed E-state index contributed by atoms with van der Waals surface area (Å²) in [5.41, 5.74) is 0.724. The van der Waals surface area contributed by atoms with Crippen LogP contribution in [0.3, 0.4) is 0 Å². The van der Waals surface area contributed by atoms with Gasteiger partial charge < -0.3 is 9.67 Å². The fourth-order valence-electron chi connectivity index (χ4n) is 3.26. The number of alkyl halides is 3. The largest absolute Gasteiger partial charge is 2.00 e. The fourth-order valence-corrected chi connectivity index (χ4v) is 6.14. The molecule has 4 rings (SSSR count). The van der Waals surface area contributed by atoms with Gasteiger partial charge in [0.25, 0.3) is 0 Å². The van der Waals surface area contributed by atoms with Crippen molar-refractivity contribution >= 4 is 24.6 Å². The summed E-state index contributed by atoms with van der Waals surface area (Å²) >= 11 is 1.64. The van der Waals surface area contributed by atoms with Crippen LogP contribution in [-0.2, 0) is 32.7 Å². The van der Waals surface area contributed by atoms with Crippen molar-refractivity contribution in [2.24, 2.45) is 0 Å². The summed E-state index contributed by atoms with van der Waals surface area (Å²) in [5.74, 6) is 0.263. The molecular formula is C24H23F3N4PtSSi. The molecule has 0 spiro atoms. The standard InChI is InChI=1S/C24H23F3N4SSi.Pt/c1-23(2,19-9-6-8-17(28-19)18-14-16(15-32-18)33(3,4)5)20-10-7-11-22(29-20)31-13-12-21(30-31)24(25,26)27;/h6-12,15H,1-5H3;/q-2;+2. The summed E-state index contributed by atoms with van der Waals surface area (Å²) < 4.78 is 39.8. The summed E-state index contributed by atoms with van der Waals surface area (Å²) in [6.07, 6.45) is -2.03. The summed E-state index contributed by atoms with van der Waals surface area (Å²) in [7, 11) is -1.46. The van der Waals surface area contributed by atoms with Crippen molar-refractivity contribution in [1.29, 1.82) is 0 Å². The van der Waals surface area contributed by atoms with E-state index in [4.69, 9.17) is 4.98 Å². The van der Waals surface area contributed by atoms with Crippen LogP contribution in [0.2, 0.25) is 19.6 Å². The minimum Gasteiger partial charge on any atom is -0.343 e. The number of halogens is 3. The summed E-state index contributed by atoms with van der Waals surface area (Å²) in [6, 6.07) is 15.4. The zero-order chi connectivity index (χ0) is 24.0. The Morgan fingerprint density at radius 3 is 2.18 bits per heavy atom. The van der Waals surface area contributed by atoms with Gasteiger partial charge in [0.2, 0.25) is 0 Å². The average Bonchev–Trinajstić information content (AvgIpc) is 3.44. The number of nitrogens with zero attached hydrogens (tertiary/aromatic N) is 4. The Kier molecular flexibility index (Phi) is 7.42. The van der Waals surface area contributed by atoms with E-state index in [1.54, 1.807) is 23.5 Å². The Balaban J connectivity index is 0.00000324. The molecule has 0 fully saturated rings. The molecule has 0 saturated heterocycles. The van der Waals surface area contributed by atoms with Gasteiger partial charge in [0, 0.05) is 16.8 Å². The van der Waals surface area contributed by atoms with Gasteiger partial charge >= 0.3 is 27.2 Å². The topological polar surface area (TPSA) is 43.6 Å². The first kappa shape index (κ1) is 26.5. The average molecular weight is 680 g/mol. The predicted molar refractivity (Wildman–Crippen MR) is 127 cm³/mol. The Labute approximate surface area is 216 Å². The molecule has 0 amide bonds. The van der Waals surface area contributed by atoms with E-state index in [1.807, 2.05) is 38.1 Å². The number of pyridine rings is 2. The molecule has 34 heavy (non-hydrogen) atoms. The third-order valence-corrected chi connectivity index (χ3v) is 8.38. The van der Waals surface area contributed by atoms with E-state index >= 15 is 0 Å². The molecule has 4 nitrogen and oxygen atoms in total. The number of thiophene rings is 1. The quantitative estimate of drug-likeness (QED) is 0.196. The number of hydrogen-bond acceptors (Lipinski definition) is 4. The van der Waals surface area contributed by atoms with Crippen LogP contribution in [0.1, 0.15) is 30.9 Å². The fraction of sp³-hybridized carbons (Fsp3) is 0.292. The molecule has 0 unspecified atom stereocenters. The zero-order valence-corrected chi connectivity index (χ0v) is 23.4. The maximum Gasteiger partial charge on any atom is 2.00 e. The molecule has 10 heteroatoms. The molecule has 0 bridgehead atoms. The van der Waals surface area contributed by atoms with E-state index in [2.05, 4.69) is 47.4 Å². The van der Waals surface area contributed by atoms with E-state index < -0.39 is 25.4 Å². The second-order valence-electron chi connectivity index (χ2n) is 9.34. The van der Waals surface area contributed by atoms with E-state index in [9.17, 15) is 13.2 Å². The van der Waals surface area contributed by atoms with Crippen LogP contribution in [0.25, 0.3) is 16.4 Å². The third kappa shape index (κ3) is 5.42. The molecule has 0 radical (unpaired) electrons. The van der Waals surface area contributed by atoms with Crippen LogP contribution in [0.5, 0.6) is 0 Å². The smallest absolute Gasteiger partial charge is 0.343 e. The first-order valence-electron chi connectivity index (χ1n) is 10.4. The van der Waals surface area contributed by atoms with Gasteiger partial charge in [-0.1, -0.05) is 55.0 Å². The van der Waals surface area contributed by atoms with Crippen LogP contribution in [0.4, 0.5) is 13.2 Å². The Morgan fingerprint density at radius 2 is 1.59 bits per heavy atom. The molecule has 0 aliphatic carbocycles.